The smallest absolute Gasteiger partial charge is 0.166 e. The van der Waals surface area contributed by atoms with Crippen LogP contribution >= 0.6 is 0 Å². The fourth-order valence-electron chi connectivity index (χ4n) is 2.67. The average Bonchev–Trinajstić information content (AvgIpc) is 2.69. The Bertz CT molecular complexity index is 980. The lowest BCUT2D eigenvalue weighted by atomic mass is 10.0. The molecule has 138 valence electrons. The minimum atomic E-state index is -1.04. The van der Waals surface area contributed by atoms with E-state index in [0.29, 0.717) is 5.56 Å². The largest absolute Gasteiger partial charge is 0.494 e. The van der Waals surface area contributed by atoms with Crippen LogP contribution in [-0.4, -0.2) is 12.2 Å². The van der Waals surface area contributed by atoms with E-state index < -0.39 is 24.1 Å². The molecule has 0 amide bonds. The van der Waals surface area contributed by atoms with E-state index in [2.05, 4.69) is 0 Å². The van der Waals surface area contributed by atoms with E-state index in [1.54, 1.807) is 30.3 Å². The van der Waals surface area contributed by atoms with Crippen molar-refractivity contribution in [3.8, 4) is 16.9 Å². The predicted octanol–water partition coefficient (Wildman–Crippen LogP) is 5.44. The number of hydrogen-bond donors (Lipinski definition) is 1. The van der Waals surface area contributed by atoms with Crippen LogP contribution in [-0.2, 0) is 6.61 Å². The van der Waals surface area contributed by atoms with Crippen molar-refractivity contribution in [1.82, 2.24) is 0 Å². The monoisotopic (exact) mass is 370 g/mol. The molecule has 5 heteroatoms. The Morgan fingerprint density at radius 1 is 0.852 bits per heavy atom. The lowest BCUT2D eigenvalue weighted by Crippen LogP contribution is -1.96. The molecule has 0 saturated heterocycles. The highest BCUT2D eigenvalue weighted by molar-refractivity contribution is 5.72. The maximum atomic E-state index is 14.0. The van der Waals surface area contributed by atoms with Crippen LogP contribution in [0, 0.1) is 17.5 Å². The van der Waals surface area contributed by atoms with Crippen molar-refractivity contribution in [3.05, 3.63) is 88.7 Å². The SMILES string of the molecule is COc1ccc(-c2ccc(/C=C/c3ccc(CO)c(F)c3F)cc2)cc1F. The molecule has 0 atom stereocenters. The van der Waals surface area contributed by atoms with Crippen molar-refractivity contribution in [1.29, 1.82) is 0 Å². The quantitative estimate of drug-likeness (QED) is 0.606. The number of methoxy groups -OCH3 is 1. The zero-order valence-electron chi connectivity index (χ0n) is 14.5. The molecule has 0 aliphatic carbocycles. The maximum absolute atomic E-state index is 14.0. The van der Waals surface area contributed by atoms with Crippen molar-refractivity contribution in [3.63, 3.8) is 0 Å². The minimum Gasteiger partial charge on any atom is -0.494 e. The number of ether oxygens (including phenoxy) is 1. The number of hydrogen-bond acceptors (Lipinski definition) is 2. The van der Waals surface area contributed by atoms with Crippen molar-refractivity contribution >= 4 is 12.2 Å². The summed E-state index contributed by atoms with van der Waals surface area (Å²) in [5.74, 6) is -2.30. The summed E-state index contributed by atoms with van der Waals surface area (Å²) in [4.78, 5) is 0. The zero-order valence-corrected chi connectivity index (χ0v) is 14.5. The van der Waals surface area contributed by atoms with Crippen LogP contribution in [0.25, 0.3) is 23.3 Å². The van der Waals surface area contributed by atoms with Gasteiger partial charge in [0.05, 0.1) is 13.7 Å². The van der Waals surface area contributed by atoms with Crippen molar-refractivity contribution in [2.45, 2.75) is 6.61 Å². The van der Waals surface area contributed by atoms with Crippen LogP contribution in [0.2, 0.25) is 0 Å². The van der Waals surface area contributed by atoms with E-state index in [-0.39, 0.29) is 16.9 Å². The summed E-state index contributed by atoms with van der Waals surface area (Å²) in [5, 5.41) is 8.95. The summed E-state index contributed by atoms with van der Waals surface area (Å²) >= 11 is 0. The Morgan fingerprint density at radius 3 is 2.19 bits per heavy atom. The molecular weight excluding hydrogens is 353 g/mol. The lowest BCUT2D eigenvalue weighted by Gasteiger charge is -2.06. The van der Waals surface area contributed by atoms with E-state index in [1.807, 2.05) is 12.1 Å². The van der Waals surface area contributed by atoms with Crippen LogP contribution in [0.3, 0.4) is 0 Å². The van der Waals surface area contributed by atoms with Gasteiger partial charge in [-0.3, -0.25) is 0 Å². The number of rotatable bonds is 5. The van der Waals surface area contributed by atoms with Crippen LogP contribution < -0.4 is 4.74 Å². The molecule has 0 aromatic heterocycles. The average molecular weight is 370 g/mol. The van der Waals surface area contributed by atoms with Gasteiger partial charge >= 0.3 is 0 Å². The molecule has 27 heavy (non-hydrogen) atoms. The van der Waals surface area contributed by atoms with Crippen LogP contribution in [0.4, 0.5) is 13.2 Å². The Morgan fingerprint density at radius 2 is 1.56 bits per heavy atom. The first kappa shape index (κ1) is 18.7. The summed E-state index contributed by atoms with van der Waals surface area (Å²) in [5.41, 5.74) is 2.31. The normalized spacial score (nSPS) is 11.1. The lowest BCUT2D eigenvalue weighted by molar-refractivity contribution is 0.273. The Hall–Kier alpha value is -3.05. The molecule has 1 N–H and O–H groups in total. The summed E-state index contributed by atoms with van der Waals surface area (Å²) in [6.07, 6.45) is 3.11. The molecule has 0 fully saturated rings. The second-order valence-electron chi connectivity index (χ2n) is 5.90. The molecule has 3 aromatic rings. The minimum absolute atomic E-state index is 0.0827. The number of aliphatic hydroxyl groups is 1. The van der Waals surface area contributed by atoms with E-state index in [0.717, 1.165) is 11.1 Å². The van der Waals surface area contributed by atoms with Gasteiger partial charge in [-0.15, -0.1) is 0 Å². The second-order valence-corrected chi connectivity index (χ2v) is 5.90. The molecule has 0 radical (unpaired) electrons. The molecule has 3 rings (SSSR count). The topological polar surface area (TPSA) is 29.5 Å². The van der Waals surface area contributed by atoms with Crippen molar-refractivity contribution < 1.29 is 23.0 Å². The molecule has 2 nitrogen and oxygen atoms in total. The van der Waals surface area contributed by atoms with Gasteiger partial charge in [0.2, 0.25) is 0 Å². The van der Waals surface area contributed by atoms with Gasteiger partial charge in [0.25, 0.3) is 0 Å². The molecular formula is C22H17F3O2. The van der Waals surface area contributed by atoms with E-state index in [4.69, 9.17) is 9.84 Å². The van der Waals surface area contributed by atoms with Crippen LogP contribution in [0.15, 0.2) is 54.6 Å². The molecule has 0 aliphatic rings. The van der Waals surface area contributed by atoms with Crippen molar-refractivity contribution in [2.75, 3.05) is 7.11 Å². The van der Waals surface area contributed by atoms with Gasteiger partial charge in [-0.2, -0.15) is 0 Å². The Kier molecular flexibility index (Phi) is 5.62. The zero-order chi connectivity index (χ0) is 19.4. The number of aliphatic hydroxyl groups excluding tert-OH is 1. The third-order valence-electron chi connectivity index (χ3n) is 4.21. The highest BCUT2D eigenvalue weighted by atomic mass is 19.2. The third kappa shape index (κ3) is 4.04. The fourth-order valence-corrected chi connectivity index (χ4v) is 2.67. The van der Waals surface area contributed by atoms with Gasteiger partial charge in [0, 0.05) is 11.1 Å². The summed E-state index contributed by atoms with van der Waals surface area (Å²) in [6.45, 7) is -0.555. The molecule has 0 saturated carbocycles. The summed E-state index contributed by atoms with van der Waals surface area (Å²) < 4.78 is 46.4. The van der Waals surface area contributed by atoms with Crippen LogP contribution in [0.1, 0.15) is 16.7 Å². The highest BCUT2D eigenvalue weighted by Gasteiger charge is 2.11. The standard InChI is InChI=1S/C22H17F3O2/c1-27-20-11-10-17(12-19(20)23)15-5-2-14(3-6-15)4-7-16-8-9-18(13-26)22(25)21(16)24/h2-12,26H,13H2,1H3/b7-4+. The van der Waals surface area contributed by atoms with E-state index in [9.17, 15) is 13.2 Å². The van der Waals surface area contributed by atoms with E-state index >= 15 is 0 Å². The van der Waals surface area contributed by atoms with Gasteiger partial charge in [-0.1, -0.05) is 54.6 Å². The van der Waals surface area contributed by atoms with Gasteiger partial charge in [-0.25, -0.2) is 13.2 Å². The Balaban J connectivity index is 1.81. The number of halogens is 3. The molecule has 0 aliphatic heterocycles. The first-order chi connectivity index (χ1) is 13.0. The summed E-state index contributed by atoms with van der Waals surface area (Å²) in [6, 6.07) is 14.7. The molecule has 0 unspecified atom stereocenters. The van der Waals surface area contributed by atoms with Gasteiger partial charge < -0.3 is 9.84 Å². The van der Waals surface area contributed by atoms with Gasteiger partial charge in [-0.05, 0) is 28.8 Å². The van der Waals surface area contributed by atoms with Gasteiger partial charge in [0.1, 0.15) is 0 Å². The van der Waals surface area contributed by atoms with E-state index in [1.165, 1.54) is 31.4 Å². The fraction of sp³-hybridized carbons (Fsp3) is 0.0909. The first-order valence-electron chi connectivity index (χ1n) is 8.23. The van der Waals surface area contributed by atoms with Crippen LogP contribution in [0.5, 0.6) is 5.75 Å². The highest BCUT2D eigenvalue weighted by Crippen LogP contribution is 2.26. The third-order valence-corrected chi connectivity index (χ3v) is 4.21. The van der Waals surface area contributed by atoms with Gasteiger partial charge in [0.15, 0.2) is 23.2 Å². The Labute approximate surface area is 155 Å². The molecule has 0 heterocycles. The van der Waals surface area contributed by atoms with Crippen molar-refractivity contribution in [2.24, 2.45) is 0 Å². The molecule has 3 aromatic carbocycles. The summed E-state index contributed by atoms with van der Waals surface area (Å²) in [7, 11) is 1.41. The maximum Gasteiger partial charge on any atom is 0.166 e. The predicted molar refractivity (Wildman–Crippen MR) is 99.6 cm³/mol. The second kappa shape index (κ2) is 8.10. The molecule has 0 spiro atoms. The molecule has 0 bridgehead atoms. The number of benzene rings is 3. The first-order valence-corrected chi connectivity index (χ1v) is 8.23.